The molecule has 2 bridgehead atoms. The number of carbonyl (C=O) groups is 1. The maximum atomic E-state index is 11.7. The zero-order chi connectivity index (χ0) is 9.00. The molecular formula is C11H14O2. The summed E-state index contributed by atoms with van der Waals surface area (Å²) >= 11 is 0. The number of Topliss-reactive ketones (excluding diaryl/α,β-unsaturated/α-hetero) is 1. The fraction of sp³-hybridized carbons (Fsp3) is 0.727. The number of ketones is 1. The summed E-state index contributed by atoms with van der Waals surface area (Å²) in [5.41, 5.74) is 0. The Hall–Kier alpha value is -0.630. The molecule has 3 aliphatic carbocycles. The van der Waals surface area contributed by atoms with E-state index >= 15 is 0 Å². The van der Waals surface area contributed by atoms with Gasteiger partial charge in [0.2, 0.25) is 0 Å². The lowest BCUT2D eigenvalue weighted by Crippen LogP contribution is -2.40. The summed E-state index contributed by atoms with van der Waals surface area (Å²) in [7, 11) is 0. The Bertz CT molecular complexity index is 282. The number of fused-ring (bicyclic) bond motifs is 5. The Morgan fingerprint density at radius 3 is 2.85 bits per heavy atom. The average molecular weight is 178 g/mol. The molecule has 0 saturated heterocycles. The maximum Gasteiger partial charge on any atom is 0.137 e. The molecule has 0 radical (unpaired) electrons. The minimum Gasteiger partial charge on any atom is -0.393 e. The van der Waals surface area contributed by atoms with Crippen LogP contribution in [-0.4, -0.2) is 17.0 Å². The number of aliphatic hydroxyl groups is 1. The summed E-state index contributed by atoms with van der Waals surface area (Å²) in [5, 5.41) is 9.83. The molecule has 2 heteroatoms. The highest BCUT2D eigenvalue weighted by atomic mass is 16.3. The van der Waals surface area contributed by atoms with Gasteiger partial charge < -0.3 is 5.11 Å². The quantitative estimate of drug-likeness (QED) is 0.565. The lowest BCUT2D eigenvalue weighted by atomic mass is 9.71. The largest absolute Gasteiger partial charge is 0.393 e. The highest BCUT2D eigenvalue weighted by Crippen LogP contribution is 2.52. The van der Waals surface area contributed by atoms with Gasteiger partial charge in [0.05, 0.1) is 6.10 Å². The van der Waals surface area contributed by atoms with Gasteiger partial charge in [-0.05, 0) is 24.7 Å². The molecule has 13 heavy (non-hydrogen) atoms. The third-order valence-corrected chi connectivity index (χ3v) is 4.02. The van der Waals surface area contributed by atoms with Gasteiger partial charge >= 0.3 is 0 Å². The third-order valence-electron chi connectivity index (χ3n) is 4.02. The van der Waals surface area contributed by atoms with Gasteiger partial charge in [0.1, 0.15) is 5.78 Å². The van der Waals surface area contributed by atoms with Crippen molar-refractivity contribution in [2.45, 2.75) is 25.4 Å². The van der Waals surface area contributed by atoms with Gasteiger partial charge in [-0.25, -0.2) is 0 Å². The summed E-state index contributed by atoms with van der Waals surface area (Å²) in [6, 6.07) is 0. The Balaban J connectivity index is 1.98. The van der Waals surface area contributed by atoms with Crippen molar-refractivity contribution in [2.24, 2.45) is 23.7 Å². The second-order valence-corrected chi connectivity index (χ2v) is 4.62. The highest BCUT2D eigenvalue weighted by Gasteiger charge is 2.52. The summed E-state index contributed by atoms with van der Waals surface area (Å²) in [6.45, 7) is 0. The first kappa shape index (κ1) is 7.74. The van der Waals surface area contributed by atoms with E-state index in [0.29, 0.717) is 30.5 Å². The molecule has 0 aromatic rings. The van der Waals surface area contributed by atoms with Crippen molar-refractivity contribution in [3.63, 3.8) is 0 Å². The molecule has 2 saturated carbocycles. The lowest BCUT2D eigenvalue weighted by molar-refractivity contribution is -0.131. The molecule has 0 amide bonds. The Kier molecular flexibility index (Phi) is 1.46. The number of hydrogen-bond donors (Lipinski definition) is 1. The SMILES string of the molecule is O=C1CC[C@H](O)[C@H]2[C@@H]1[C@H]1C=C[C@@H]2C1. The Morgan fingerprint density at radius 2 is 2.08 bits per heavy atom. The van der Waals surface area contributed by atoms with Crippen LogP contribution in [0.2, 0.25) is 0 Å². The normalized spacial score (nSPS) is 52.7. The van der Waals surface area contributed by atoms with E-state index in [1.54, 1.807) is 0 Å². The topological polar surface area (TPSA) is 37.3 Å². The number of rotatable bonds is 0. The summed E-state index contributed by atoms with van der Waals surface area (Å²) < 4.78 is 0. The molecule has 0 heterocycles. The number of hydrogen-bond acceptors (Lipinski definition) is 2. The van der Waals surface area contributed by atoms with Crippen molar-refractivity contribution >= 4 is 5.78 Å². The first-order chi connectivity index (χ1) is 6.27. The zero-order valence-electron chi connectivity index (χ0n) is 7.52. The van der Waals surface area contributed by atoms with Crippen molar-refractivity contribution in [2.75, 3.05) is 0 Å². The minimum atomic E-state index is -0.220. The van der Waals surface area contributed by atoms with Crippen LogP contribution in [0.5, 0.6) is 0 Å². The van der Waals surface area contributed by atoms with Crippen molar-refractivity contribution < 1.29 is 9.90 Å². The van der Waals surface area contributed by atoms with E-state index in [4.69, 9.17) is 0 Å². The van der Waals surface area contributed by atoms with E-state index in [0.717, 1.165) is 6.42 Å². The second-order valence-electron chi connectivity index (χ2n) is 4.62. The van der Waals surface area contributed by atoms with Gasteiger partial charge in [-0.3, -0.25) is 4.79 Å². The van der Waals surface area contributed by atoms with Crippen LogP contribution in [0.1, 0.15) is 19.3 Å². The molecular weight excluding hydrogens is 164 g/mol. The van der Waals surface area contributed by atoms with Crippen LogP contribution < -0.4 is 0 Å². The van der Waals surface area contributed by atoms with Crippen LogP contribution in [0, 0.1) is 23.7 Å². The Labute approximate surface area is 77.6 Å². The molecule has 0 unspecified atom stereocenters. The van der Waals surface area contributed by atoms with Gasteiger partial charge in [-0.15, -0.1) is 0 Å². The molecule has 70 valence electrons. The van der Waals surface area contributed by atoms with E-state index in [1.807, 2.05) is 0 Å². The fourth-order valence-corrected chi connectivity index (χ4v) is 3.49. The molecule has 2 nitrogen and oxygen atoms in total. The van der Waals surface area contributed by atoms with Crippen molar-refractivity contribution in [1.82, 2.24) is 0 Å². The van der Waals surface area contributed by atoms with Crippen molar-refractivity contribution in [3.8, 4) is 0 Å². The van der Waals surface area contributed by atoms with E-state index in [-0.39, 0.29) is 17.9 Å². The van der Waals surface area contributed by atoms with Crippen LogP contribution in [0.15, 0.2) is 12.2 Å². The van der Waals surface area contributed by atoms with E-state index in [2.05, 4.69) is 12.2 Å². The monoisotopic (exact) mass is 178 g/mol. The van der Waals surface area contributed by atoms with Crippen molar-refractivity contribution in [1.29, 1.82) is 0 Å². The smallest absolute Gasteiger partial charge is 0.137 e. The summed E-state index contributed by atoms with van der Waals surface area (Å²) in [5.74, 6) is 1.77. The van der Waals surface area contributed by atoms with Gasteiger partial charge in [0.25, 0.3) is 0 Å². The first-order valence-electron chi connectivity index (χ1n) is 5.16. The number of aliphatic hydroxyl groups excluding tert-OH is 1. The van der Waals surface area contributed by atoms with E-state index in [9.17, 15) is 9.90 Å². The molecule has 0 spiro atoms. The van der Waals surface area contributed by atoms with Crippen LogP contribution >= 0.6 is 0 Å². The number of allylic oxidation sites excluding steroid dienone is 2. The second kappa shape index (κ2) is 2.44. The summed E-state index contributed by atoms with van der Waals surface area (Å²) in [4.78, 5) is 11.7. The lowest BCUT2D eigenvalue weighted by Gasteiger charge is -2.35. The van der Waals surface area contributed by atoms with Crippen LogP contribution in [0.4, 0.5) is 0 Å². The van der Waals surface area contributed by atoms with Gasteiger partial charge in [0.15, 0.2) is 0 Å². The fourth-order valence-electron chi connectivity index (χ4n) is 3.49. The minimum absolute atomic E-state index is 0.166. The molecule has 0 aromatic carbocycles. The highest BCUT2D eigenvalue weighted by molar-refractivity contribution is 5.83. The molecule has 1 N–H and O–H groups in total. The van der Waals surface area contributed by atoms with Gasteiger partial charge in [-0.1, -0.05) is 12.2 Å². The molecule has 2 fully saturated rings. The predicted molar refractivity (Wildman–Crippen MR) is 48.0 cm³/mol. The zero-order valence-corrected chi connectivity index (χ0v) is 7.52. The standard InChI is InChI=1S/C11H14O2/c12-8-3-4-9(13)11-7-2-1-6(5-7)10(8)11/h1-2,6-8,10-12H,3-5H2/t6-,7+,8+,10+,11-/m1/s1. The predicted octanol–water partition coefficient (Wildman–Crippen LogP) is 1.15. The average Bonchev–Trinajstić information content (AvgIpc) is 2.70. The maximum absolute atomic E-state index is 11.7. The molecule has 5 atom stereocenters. The molecule has 3 aliphatic rings. The Morgan fingerprint density at radius 1 is 1.31 bits per heavy atom. The van der Waals surface area contributed by atoms with Crippen LogP contribution in [0.3, 0.4) is 0 Å². The van der Waals surface area contributed by atoms with E-state index < -0.39 is 0 Å². The van der Waals surface area contributed by atoms with Crippen LogP contribution in [-0.2, 0) is 4.79 Å². The molecule has 0 aromatic heterocycles. The van der Waals surface area contributed by atoms with Gasteiger partial charge in [0, 0.05) is 18.3 Å². The summed E-state index contributed by atoms with van der Waals surface area (Å²) in [6.07, 6.45) is 6.56. The number of carbonyl (C=O) groups excluding carboxylic acids is 1. The van der Waals surface area contributed by atoms with Gasteiger partial charge in [-0.2, -0.15) is 0 Å². The third kappa shape index (κ3) is 0.896. The first-order valence-corrected chi connectivity index (χ1v) is 5.16. The molecule has 0 aliphatic heterocycles. The molecule has 3 rings (SSSR count). The van der Waals surface area contributed by atoms with Crippen molar-refractivity contribution in [3.05, 3.63) is 12.2 Å². The van der Waals surface area contributed by atoms with E-state index in [1.165, 1.54) is 0 Å². The van der Waals surface area contributed by atoms with Crippen LogP contribution in [0.25, 0.3) is 0 Å².